The molecule has 0 bridgehead atoms. The molecule has 0 heterocycles. The normalized spacial score (nSPS) is 9.95. The summed E-state index contributed by atoms with van der Waals surface area (Å²) in [6.07, 6.45) is 9.73. The third kappa shape index (κ3) is 8.99. The molecule has 0 aliphatic heterocycles. The van der Waals surface area contributed by atoms with Gasteiger partial charge in [0.25, 0.3) is 0 Å². The van der Waals surface area contributed by atoms with Gasteiger partial charge in [0.1, 0.15) is 11.3 Å². The van der Waals surface area contributed by atoms with E-state index < -0.39 is 5.97 Å². The van der Waals surface area contributed by atoms with Crippen molar-refractivity contribution in [3.05, 3.63) is 29.8 Å². The fourth-order valence-corrected chi connectivity index (χ4v) is 2.12. The molecule has 0 fully saturated rings. The SMILES string of the molecule is CCCCCCCCCCOC(=O)c1ccccc1O.[Mg+2]. The first-order chi connectivity index (χ1) is 9.75. The Hall–Kier alpha value is -0.744. The van der Waals surface area contributed by atoms with E-state index in [1.165, 1.54) is 44.6 Å². The van der Waals surface area contributed by atoms with Crippen LogP contribution in [0.25, 0.3) is 0 Å². The quantitative estimate of drug-likeness (QED) is 0.398. The Labute approximate surface area is 144 Å². The van der Waals surface area contributed by atoms with E-state index in [4.69, 9.17) is 4.74 Å². The first-order valence-electron chi connectivity index (χ1n) is 7.70. The van der Waals surface area contributed by atoms with Crippen LogP contribution >= 0.6 is 0 Å². The van der Waals surface area contributed by atoms with Crippen LogP contribution in [0, 0.1) is 0 Å². The van der Waals surface area contributed by atoms with Gasteiger partial charge in [-0.15, -0.1) is 0 Å². The van der Waals surface area contributed by atoms with Crippen molar-refractivity contribution >= 4 is 29.0 Å². The summed E-state index contributed by atoms with van der Waals surface area (Å²) in [6, 6.07) is 6.47. The molecule has 21 heavy (non-hydrogen) atoms. The predicted octanol–water partition coefficient (Wildman–Crippen LogP) is 4.31. The number of phenolic OH excluding ortho intramolecular Hbond substituents is 1. The molecule has 1 aromatic carbocycles. The Morgan fingerprint density at radius 2 is 1.57 bits per heavy atom. The average molecular weight is 303 g/mol. The van der Waals surface area contributed by atoms with Crippen LogP contribution in [0.3, 0.4) is 0 Å². The van der Waals surface area contributed by atoms with Gasteiger partial charge in [0.05, 0.1) is 6.61 Å². The van der Waals surface area contributed by atoms with E-state index >= 15 is 0 Å². The van der Waals surface area contributed by atoms with Crippen LogP contribution in [0.2, 0.25) is 0 Å². The Morgan fingerprint density at radius 1 is 1.00 bits per heavy atom. The molecule has 0 aliphatic rings. The number of para-hydroxylation sites is 1. The minimum absolute atomic E-state index is 0. The molecule has 0 saturated heterocycles. The Bertz CT molecular complexity index is 393. The van der Waals surface area contributed by atoms with Crippen LogP contribution in [-0.2, 0) is 4.74 Å². The van der Waals surface area contributed by atoms with E-state index in [1.807, 2.05) is 0 Å². The second kappa shape index (κ2) is 13.0. The van der Waals surface area contributed by atoms with Crippen molar-refractivity contribution in [2.45, 2.75) is 58.3 Å². The van der Waals surface area contributed by atoms with Crippen molar-refractivity contribution < 1.29 is 14.6 Å². The van der Waals surface area contributed by atoms with Crippen molar-refractivity contribution in [1.82, 2.24) is 0 Å². The molecule has 1 N–H and O–H groups in total. The number of hydrogen-bond donors (Lipinski definition) is 1. The van der Waals surface area contributed by atoms with Crippen LogP contribution in [-0.4, -0.2) is 40.7 Å². The first kappa shape index (κ1) is 20.3. The summed E-state index contributed by atoms with van der Waals surface area (Å²) < 4.78 is 5.16. The minimum Gasteiger partial charge on any atom is -0.507 e. The second-order valence-corrected chi connectivity index (χ2v) is 5.13. The summed E-state index contributed by atoms with van der Waals surface area (Å²) in [4.78, 5) is 11.7. The number of hydrogen-bond acceptors (Lipinski definition) is 3. The van der Waals surface area contributed by atoms with Crippen molar-refractivity contribution in [2.75, 3.05) is 6.61 Å². The van der Waals surface area contributed by atoms with Gasteiger partial charge in [-0.25, -0.2) is 4.79 Å². The van der Waals surface area contributed by atoms with E-state index in [9.17, 15) is 9.90 Å². The predicted molar refractivity (Wildman–Crippen MR) is 86.8 cm³/mol. The molecule has 1 aromatic rings. The smallest absolute Gasteiger partial charge is 0.507 e. The number of esters is 1. The second-order valence-electron chi connectivity index (χ2n) is 5.13. The van der Waals surface area contributed by atoms with E-state index in [0.29, 0.717) is 6.61 Å². The maximum atomic E-state index is 11.7. The summed E-state index contributed by atoms with van der Waals surface area (Å²) in [5, 5.41) is 9.52. The van der Waals surface area contributed by atoms with Crippen LogP contribution in [0.1, 0.15) is 68.6 Å². The molecule has 1 rings (SSSR count). The first-order valence-corrected chi connectivity index (χ1v) is 7.70. The minimum atomic E-state index is -0.439. The van der Waals surface area contributed by atoms with Gasteiger partial charge in [0.15, 0.2) is 0 Å². The molecule has 0 radical (unpaired) electrons. The molecule has 0 spiro atoms. The fourth-order valence-electron chi connectivity index (χ4n) is 2.12. The molecular formula is C17H26MgO3+2. The number of rotatable bonds is 10. The van der Waals surface area contributed by atoms with Gasteiger partial charge in [-0.2, -0.15) is 0 Å². The molecule has 0 saturated carbocycles. The van der Waals surface area contributed by atoms with E-state index in [0.717, 1.165) is 12.8 Å². The Balaban J connectivity index is 0.00000400. The molecule has 0 aromatic heterocycles. The van der Waals surface area contributed by atoms with Gasteiger partial charge in [-0.05, 0) is 18.6 Å². The van der Waals surface area contributed by atoms with Crippen molar-refractivity contribution in [1.29, 1.82) is 0 Å². The molecule has 3 nitrogen and oxygen atoms in total. The van der Waals surface area contributed by atoms with Crippen molar-refractivity contribution in [3.63, 3.8) is 0 Å². The van der Waals surface area contributed by atoms with Crippen molar-refractivity contribution in [2.24, 2.45) is 0 Å². The number of aromatic hydroxyl groups is 1. The van der Waals surface area contributed by atoms with Crippen molar-refractivity contribution in [3.8, 4) is 5.75 Å². The zero-order valence-corrected chi connectivity index (χ0v) is 14.6. The summed E-state index contributed by atoms with van der Waals surface area (Å²) in [6.45, 7) is 2.65. The number of phenols is 1. The molecule has 0 unspecified atom stereocenters. The molecule has 4 heteroatoms. The Kier molecular flexibility index (Phi) is 12.5. The summed E-state index contributed by atoms with van der Waals surface area (Å²) in [5.41, 5.74) is 0.243. The monoisotopic (exact) mass is 302 g/mol. The number of benzene rings is 1. The van der Waals surface area contributed by atoms with Crippen LogP contribution in [0.5, 0.6) is 5.75 Å². The van der Waals surface area contributed by atoms with Gasteiger partial charge < -0.3 is 9.84 Å². The van der Waals surface area contributed by atoms with E-state index in [1.54, 1.807) is 18.2 Å². The average Bonchev–Trinajstić information content (AvgIpc) is 2.46. The van der Waals surface area contributed by atoms with Crippen LogP contribution in [0.4, 0.5) is 0 Å². The topological polar surface area (TPSA) is 46.5 Å². The van der Waals surface area contributed by atoms with Gasteiger partial charge in [0.2, 0.25) is 0 Å². The molecule has 112 valence electrons. The standard InChI is InChI=1S/C17H26O3.Mg/c1-2-3-4-5-6-7-8-11-14-20-17(19)15-12-9-10-13-16(15)18;/h9-10,12-13,18H,2-8,11,14H2,1H3;/q;+2. The number of unbranched alkanes of at least 4 members (excludes halogenated alkanes) is 7. The zero-order chi connectivity index (χ0) is 14.6. The zero-order valence-electron chi connectivity index (χ0n) is 13.1. The van der Waals surface area contributed by atoms with Crippen LogP contribution in [0.15, 0.2) is 24.3 Å². The van der Waals surface area contributed by atoms with E-state index in [2.05, 4.69) is 6.92 Å². The maximum Gasteiger partial charge on any atom is 2.00 e. The third-order valence-electron chi connectivity index (χ3n) is 3.36. The summed E-state index contributed by atoms with van der Waals surface area (Å²) in [7, 11) is 0. The molecule has 0 amide bonds. The van der Waals surface area contributed by atoms with Crippen LogP contribution < -0.4 is 0 Å². The number of ether oxygens (including phenoxy) is 1. The van der Waals surface area contributed by atoms with E-state index in [-0.39, 0.29) is 34.4 Å². The van der Waals surface area contributed by atoms with Gasteiger partial charge in [0, 0.05) is 0 Å². The maximum absolute atomic E-state index is 11.7. The molecular weight excluding hydrogens is 276 g/mol. The summed E-state index contributed by atoms with van der Waals surface area (Å²) in [5.74, 6) is -0.459. The van der Waals surface area contributed by atoms with Gasteiger partial charge >= 0.3 is 29.0 Å². The summed E-state index contributed by atoms with van der Waals surface area (Å²) >= 11 is 0. The van der Waals surface area contributed by atoms with Gasteiger partial charge in [-0.3, -0.25) is 0 Å². The largest absolute Gasteiger partial charge is 2.00 e. The molecule has 0 aliphatic carbocycles. The Morgan fingerprint density at radius 3 is 2.19 bits per heavy atom. The fraction of sp³-hybridized carbons (Fsp3) is 0.588. The number of carbonyl (C=O) groups excluding carboxylic acids is 1. The van der Waals surface area contributed by atoms with Gasteiger partial charge in [-0.1, -0.05) is 64.0 Å². The third-order valence-corrected chi connectivity index (χ3v) is 3.36. The number of carbonyl (C=O) groups is 1. The molecule has 0 atom stereocenters.